The third-order valence-corrected chi connectivity index (χ3v) is 4.02. The fourth-order valence-electron chi connectivity index (χ4n) is 2.86. The first-order valence-electron chi connectivity index (χ1n) is 7.67. The molecule has 1 aromatic carbocycles. The first-order valence-corrected chi connectivity index (χ1v) is 7.67. The number of carbonyl (C=O) groups excluding carboxylic acids is 1. The number of aromatic nitrogens is 2. The van der Waals surface area contributed by atoms with Crippen molar-refractivity contribution < 1.29 is 19.0 Å². The molecule has 1 atom stereocenters. The minimum absolute atomic E-state index is 0.00419. The molecule has 0 radical (unpaired) electrons. The highest BCUT2D eigenvalue weighted by atomic mass is 16.5. The molecule has 0 saturated carbocycles. The molecule has 134 valence electrons. The molecule has 0 fully saturated rings. The van der Waals surface area contributed by atoms with Crippen LogP contribution in [0.4, 0.5) is 0 Å². The number of nitriles is 1. The van der Waals surface area contributed by atoms with Crippen LogP contribution in [0.3, 0.4) is 0 Å². The summed E-state index contributed by atoms with van der Waals surface area (Å²) in [5.41, 5.74) is 13.5. The van der Waals surface area contributed by atoms with Gasteiger partial charge in [0.25, 0.3) is 5.91 Å². The molecule has 2 heterocycles. The third kappa shape index (κ3) is 2.88. The fourth-order valence-corrected chi connectivity index (χ4v) is 2.86. The summed E-state index contributed by atoms with van der Waals surface area (Å²) in [6.45, 7) is 1.56. The lowest BCUT2D eigenvalue weighted by atomic mass is 9.84. The van der Waals surface area contributed by atoms with Gasteiger partial charge in [0, 0.05) is 11.3 Å². The molecule has 0 aliphatic carbocycles. The molecule has 1 amide bonds. The predicted molar refractivity (Wildman–Crippen MR) is 90.3 cm³/mol. The zero-order valence-electron chi connectivity index (χ0n) is 14.2. The quantitative estimate of drug-likeness (QED) is 0.718. The van der Waals surface area contributed by atoms with Crippen molar-refractivity contribution in [2.45, 2.75) is 12.8 Å². The molecule has 26 heavy (non-hydrogen) atoms. The average Bonchev–Trinajstić information content (AvgIpc) is 2.99. The number of hydrogen-bond acceptors (Lipinski definition) is 7. The summed E-state index contributed by atoms with van der Waals surface area (Å²) >= 11 is 0. The van der Waals surface area contributed by atoms with Crippen molar-refractivity contribution in [3.8, 4) is 23.4 Å². The van der Waals surface area contributed by atoms with Crippen LogP contribution in [0.15, 0.2) is 29.7 Å². The predicted octanol–water partition coefficient (Wildman–Crippen LogP) is 0.809. The van der Waals surface area contributed by atoms with Crippen LogP contribution < -0.4 is 25.7 Å². The number of H-pyrrole nitrogens is 1. The molecule has 0 spiro atoms. The standard InChI is InChI=1S/C17H17N5O4/c1-8-14-15(10(6-18)16(20)26-17(14)22-21-8)9-3-4-11(12(5-9)24-2)25-7-13(19)23/h3-5,15H,7,20H2,1-2H3,(H2,19,23)(H,21,22). The Hall–Kier alpha value is -3.67. The topological polar surface area (TPSA) is 149 Å². The Bertz CT molecular complexity index is 941. The van der Waals surface area contributed by atoms with E-state index >= 15 is 0 Å². The van der Waals surface area contributed by atoms with Crippen molar-refractivity contribution in [2.75, 3.05) is 13.7 Å². The van der Waals surface area contributed by atoms with Crippen molar-refractivity contribution in [3.63, 3.8) is 0 Å². The Kier molecular flexibility index (Phi) is 4.41. The minimum atomic E-state index is -0.596. The summed E-state index contributed by atoms with van der Waals surface area (Å²) in [6.07, 6.45) is 0. The molecule has 1 unspecified atom stereocenters. The van der Waals surface area contributed by atoms with Gasteiger partial charge in [-0.15, -0.1) is 5.10 Å². The molecule has 0 bridgehead atoms. The number of amides is 1. The molecular formula is C17H17N5O4. The number of ether oxygens (including phenoxy) is 3. The van der Waals surface area contributed by atoms with Crippen LogP contribution in [0, 0.1) is 18.3 Å². The number of nitrogens with one attached hydrogen (secondary N) is 1. The van der Waals surface area contributed by atoms with Crippen LogP contribution in [0.25, 0.3) is 0 Å². The molecule has 9 heteroatoms. The van der Waals surface area contributed by atoms with Gasteiger partial charge in [-0.3, -0.25) is 9.89 Å². The van der Waals surface area contributed by atoms with Crippen LogP contribution in [0.1, 0.15) is 22.7 Å². The number of aromatic amines is 1. The van der Waals surface area contributed by atoms with E-state index in [0.29, 0.717) is 17.4 Å². The van der Waals surface area contributed by atoms with E-state index < -0.39 is 11.8 Å². The number of aryl methyl sites for hydroxylation is 1. The molecule has 1 aliphatic rings. The number of nitrogens with zero attached hydrogens (tertiary/aromatic N) is 2. The molecule has 3 rings (SSSR count). The molecular weight excluding hydrogens is 338 g/mol. The maximum absolute atomic E-state index is 10.9. The number of hydrogen-bond donors (Lipinski definition) is 3. The van der Waals surface area contributed by atoms with Gasteiger partial charge in [-0.25, -0.2) is 0 Å². The third-order valence-electron chi connectivity index (χ3n) is 4.02. The largest absolute Gasteiger partial charge is 0.493 e. The van der Waals surface area contributed by atoms with Crippen LogP contribution in [0.5, 0.6) is 17.4 Å². The number of carbonyl (C=O) groups is 1. The summed E-state index contributed by atoms with van der Waals surface area (Å²) < 4.78 is 16.1. The Morgan fingerprint density at radius 2 is 2.23 bits per heavy atom. The second kappa shape index (κ2) is 6.68. The van der Waals surface area contributed by atoms with E-state index in [9.17, 15) is 10.1 Å². The smallest absolute Gasteiger partial charge is 0.255 e. The van der Waals surface area contributed by atoms with Gasteiger partial charge in [0.1, 0.15) is 11.6 Å². The van der Waals surface area contributed by atoms with Crippen molar-refractivity contribution >= 4 is 5.91 Å². The van der Waals surface area contributed by atoms with Crippen LogP contribution in [-0.2, 0) is 4.79 Å². The maximum Gasteiger partial charge on any atom is 0.255 e. The van der Waals surface area contributed by atoms with Gasteiger partial charge >= 0.3 is 0 Å². The average molecular weight is 355 g/mol. The van der Waals surface area contributed by atoms with Crippen molar-refractivity contribution in [3.05, 3.63) is 46.5 Å². The van der Waals surface area contributed by atoms with Crippen LogP contribution in [0.2, 0.25) is 0 Å². The Balaban J connectivity index is 2.08. The van der Waals surface area contributed by atoms with E-state index in [2.05, 4.69) is 16.3 Å². The zero-order chi connectivity index (χ0) is 18.8. The Labute approximate surface area is 149 Å². The van der Waals surface area contributed by atoms with Gasteiger partial charge in [-0.1, -0.05) is 6.07 Å². The normalized spacial score (nSPS) is 15.7. The van der Waals surface area contributed by atoms with E-state index in [1.807, 2.05) is 6.92 Å². The molecule has 1 aliphatic heterocycles. The number of nitrogens with two attached hydrogens (primary N) is 2. The van der Waals surface area contributed by atoms with E-state index in [0.717, 1.165) is 16.8 Å². The summed E-state index contributed by atoms with van der Waals surface area (Å²) in [6, 6.07) is 7.23. The summed E-state index contributed by atoms with van der Waals surface area (Å²) in [5, 5.41) is 16.5. The van der Waals surface area contributed by atoms with Gasteiger partial charge in [-0.2, -0.15) is 5.26 Å². The van der Waals surface area contributed by atoms with E-state index in [4.69, 9.17) is 25.7 Å². The number of primary amides is 1. The van der Waals surface area contributed by atoms with Crippen molar-refractivity contribution in [1.29, 1.82) is 5.26 Å². The van der Waals surface area contributed by atoms with Gasteiger partial charge in [-0.05, 0) is 24.6 Å². The number of benzene rings is 1. The summed E-state index contributed by atoms with van der Waals surface area (Å²) in [4.78, 5) is 10.9. The van der Waals surface area contributed by atoms with Crippen LogP contribution >= 0.6 is 0 Å². The molecule has 2 aromatic rings. The highest BCUT2D eigenvalue weighted by Crippen LogP contribution is 2.44. The number of fused-ring (bicyclic) bond motifs is 1. The fraction of sp³-hybridized carbons (Fsp3) is 0.235. The first kappa shape index (κ1) is 17.2. The number of allylic oxidation sites excluding steroid dienone is 1. The monoisotopic (exact) mass is 355 g/mol. The van der Waals surface area contributed by atoms with E-state index in [-0.39, 0.29) is 18.1 Å². The van der Waals surface area contributed by atoms with Gasteiger partial charge < -0.3 is 25.7 Å². The lowest BCUT2D eigenvalue weighted by Crippen LogP contribution is -2.21. The lowest BCUT2D eigenvalue weighted by Gasteiger charge is -2.24. The van der Waals surface area contributed by atoms with Crippen molar-refractivity contribution in [2.24, 2.45) is 11.5 Å². The van der Waals surface area contributed by atoms with E-state index in [1.165, 1.54) is 7.11 Å². The Morgan fingerprint density at radius 3 is 2.88 bits per heavy atom. The Morgan fingerprint density at radius 1 is 1.46 bits per heavy atom. The van der Waals surface area contributed by atoms with Gasteiger partial charge in [0.15, 0.2) is 18.1 Å². The van der Waals surface area contributed by atoms with Gasteiger partial charge in [0.2, 0.25) is 11.8 Å². The maximum atomic E-state index is 10.9. The van der Waals surface area contributed by atoms with Crippen molar-refractivity contribution in [1.82, 2.24) is 10.2 Å². The summed E-state index contributed by atoms with van der Waals surface area (Å²) in [5.74, 6) is 0.0281. The molecule has 9 nitrogen and oxygen atoms in total. The molecule has 5 N–H and O–H groups in total. The lowest BCUT2D eigenvalue weighted by molar-refractivity contribution is -0.119. The minimum Gasteiger partial charge on any atom is -0.493 e. The van der Waals surface area contributed by atoms with E-state index in [1.54, 1.807) is 18.2 Å². The molecule has 0 saturated heterocycles. The highest BCUT2D eigenvalue weighted by molar-refractivity contribution is 5.75. The SMILES string of the molecule is COc1cc(C2C(C#N)=C(N)Oc3n[nH]c(C)c32)ccc1OCC(N)=O. The first-order chi connectivity index (χ1) is 12.5. The molecule has 1 aromatic heterocycles. The highest BCUT2D eigenvalue weighted by Gasteiger charge is 2.34. The zero-order valence-corrected chi connectivity index (χ0v) is 14.2. The van der Waals surface area contributed by atoms with Crippen LogP contribution in [-0.4, -0.2) is 29.8 Å². The number of rotatable bonds is 5. The number of methoxy groups -OCH3 is 1. The van der Waals surface area contributed by atoms with Gasteiger partial charge in [0.05, 0.1) is 13.0 Å². The second-order valence-corrected chi connectivity index (χ2v) is 5.66. The second-order valence-electron chi connectivity index (χ2n) is 5.66. The summed E-state index contributed by atoms with van der Waals surface area (Å²) in [7, 11) is 1.48.